The number of carbonyl (C=O) groups is 1. The van der Waals surface area contributed by atoms with Crippen molar-refractivity contribution in [3.63, 3.8) is 0 Å². The summed E-state index contributed by atoms with van der Waals surface area (Å²) in [6.07, 6.45) is 6.11. The van der Waals surface area contributed by atoms with Gasteiger partial charge in [0, 0.05) is 41.7 Å². The number of ether oxygens (including phenoxy) is 1. The van der Waals surface area contributed by atoms with E-state index in [1.54, 1.807) is 12.3 Å². The highest BCUT2D eigenvalue weighted by atomic mass is 16.5. The van der Waals surface area contributed by atoms with Crippen LogP contribution in [0.25, 0.3) is 16.3 Å². The topological polar surface area (TPSA) is 146 Å². The molecular weight excluding hydrogens is 528 g/mol. The smallest absolute Gasteiger partial charge is 0.223 e. The van der Waals surface area contributed by atoms with E-state index in [1.807, 2.05) is 30.5 Å². The molecule has 1 fully saturated rings. The van der Waals surface area contributed by atoms with Crippen LogP contribution in [0.4, 0.5) is 11.6 Å². The van der Waals surface area contributed by atoms with Crippen LogP contribution in [0.3, 0.4) is 0 Å². The van der Waals surface area contributed by atoms with Crippen LogP contribution in [-0.4, -0.2) is 30.5 Å². The average Bonchev–Trinajstić information content (AvgIpc) is 3.72. The summed E-state index contributed by atoms with van der Waals surface area (Å²) in [5, 5.41) is 10.3. The van der Waals surface area contributed by atoms with E-state index in [0.29, 0.717) is 36.4 Å². The molecule has 4 aromatic heterocycles. The van der Waals surface area contributed by atoms with Crippen molar-refractivity contribution in [2.24, 2.45) is 11.1 Å². The molecule has 1 aliphatic carbocycles. The van der Waals surface area contributed by atoms with Crippen LogP contribution >= 0.6 is 0 Å². The fraction of sp³-hybridized carbons (Fsp3) is 0.344. The Bertz CT molecular complexity index is 1820. The Hall–Kier alpha value is -4.73. The Balaban J connectivity index is 1.18. The minimum absolute atomic E-state index is 0.244. The van der Waals surface area contributed by atoms with Crippen molar-refractivity contribution < 1.29 is 9.53 Å². The first-order valence-electron chi connectivity index (χ1n) is 14.2. The van der Waals surface area contributed by atoms with Crippen molar-refractivity contribution in [2.75, 3.05) is 11.1 Å². The summed E-state index contributed by atoms with van der Waals surface area (Å²) in [6, 6.07) is 12.2. The molecule has 5 N–H and O–H groups in total. The maximum absolute atomic E-state index is 12.1. The lowest BCUT2D eigenvalue weighted by Gasteiger charge is -2.21. The minimum Gasteiger partial charge on any atom is -0.471 e. The number of hydrogen-bond acceptors (Lipinski definition) is 8. The van der Waals surface area contributed by atoms with Crippen LogP contribution in [0.5, 0.6) is 5.88 Å². The molecular formula is C32H36N8O2. The van der Waals surface area contributed by atoms with Gasteiger partial charge in [0.15, 0.2) is 0 Å². The number of nitrogens with one attached hydrogen (secondary N) is 1. The molecule has 6 rings (SSSR count). The van der Waals surface area contributed by atoms with Crippen LogP contribution in [0, 0.1) is 19.3 Å². The van der Waals surface area contributed by atoms with Crippen LogP contribution in [0.1, 0.15) is 66.2 Å². The first-order chi connectivity index (χ1) is 20.1. The fourth-order valence-electron chi connectivity index (χ4n) is 5.48. The number of aromatic nitrogens is 5. The van der Waals surface area contributed by atoms with Gasteiger partial charge in [-0.15, -0.1) is 0 Å². The summed E-state index contributed by atoms with van der Waals surface area (Å²) >= 11 is 0. The van der Waals surface area contributed by atoms with Crippen molar-refractivity contribution >= 4 is 33.8 Å². The van der Waals surface area contributed by atoms with Crippen molar-refractivity contribution in [2.45, 2.75) is 66.0 Å². The molecule has 10 heteroatoms. The van der Waals surface area contributed by atoms with E-state index in [-0.39, 0.29) is 12.5 Å². The molecule has 0 bridgehead atoms. The maximum Gasteiger partial charge on any atom is 0.223 e. The van der Waals surface area contributed by atoms with Gasteiger partial charge in [0.05, 0.1) is 5.52 Å². The van der Waals surface area contributed by atoms with Gasteiger partial charge in [-0.2, -0.15) is 5.10 Å². The number of pyridine rings is 2. The third kappa shape index (κ3) is 5.44. The Morgan fingerprint density at radius 1 is 1.10 bits per heavy atom. The van der Waals surface area contributed by atoms with E-state index in [2.05, 4.69) is 52.3 Å². The molecule has 0 spiro atoms. The maximum atomic E-state index is 12.1. The normalized spacial score (nSPS) is 13.5. The van der Waals surface area contributed by atoms with E-state index in [4.69, 9.17) is 21.3 Å². The lowest BCUT2D eigenvalue weighted by Crippen LogP contribution is -2.34. The van der Waals surface area contributed by atoms with E-state index >= 15 is 0 Å². The van der Waals surface area contributed by atoms with E-state index < -0.39 is 5.41 Å². The van der Waals surface area contributed by atoms with Gasteiger partial charge in [-0.1, -0.05) is 13.8 Å². The monoisotopic (exact) mass is 564 g/mol. The number of fused-ring (bicyclic) bond motifs is 2. The van der Waals surface area contributed by atoms with Gasteiger partial charge in [-0.05, 0) is 90.6 Å². The number of amides is 1. The SMILES string of the molecule is Cc1cc2c(N)nccc2c(C)c1CNc1cc(OCc2cc3cc(C4CC4)cc(CC(C)(C)C(N)=O)n3n2)ncn1. The highest BCUT2D eigenvalue weighted by Gasteiger charge is 2.29. The van der Waals surface area contributed by atoms with Gasteiger partial charge < -0.3 is 21.5 Å². The standard InChI is InChI=1S/C32H36N8O2/c1-18-9-26-25(7-8-35-30(26)33)19(2)27(18)15-36-28-13-29(38-17-37-28)42-16-22-12-23-10-21(20-5-6-20)11-24(40(23)39-22)14-32(3,4)31(34)41/h7-13,17,20H,5-6,14-16H2,1-4H3,(H2,33,35)(H2,34,41)(H,36,37,38). The summed E-state index contributed by atoms with van der Waals surface area (Å²) < 4.78 is 7.94. The highest BCUT2D eigenvalue weighted by molar-refractivity contribution is 5.94. The summed E-state index contributed by atoms with van der Waals surface area (Å²) in [5.74, 6) is 1.89. The van der Waals surface area contributed by atoms with Gasteiger partial charge in [0.25, 0.3) is 0 Å². The lowest BCUT2D eigenvalue weighted by atomic mass is 9.86. The quantitative estimate of drug-likeness (QED) is 0.215. The van der Waals surface area contributed by atoms with Gasteiger partial charge in [0.2, 0.25) is 11.8 Å². The number of aryl methyl sites for hydroxylation is 2. The van der Waals surface area contributed by atoms with Crippen LogP contribution < -0.4 is 21.5 Å². The Morgan fingerprint density at radius 3 is 2.67 bits per heavy atom. The van der Waals surface area contributed by atoms with Crippen LogP contribution in [0.2, 0.25) is 0 Å². The second-order valence-corrected chi connectivity index (χ2v) is 11.9. The summed E-state index contributed by atoms with van der Waals surface area (Å²) in [5.41, 5.74) is 18.6. The highest BCUT2D eigenvalue weighted by Crippen LogP contribution is 2.41. The molecule has 1 aliphatic rings. The number of nitrogen functional groups attached to an aromatic ring is 1. The molecule has 0 radical (unpaired) electrons. The summed E-state index contributed by atoms with van der Waals surface area (Å²) in [7, 11) is 0. The van der Waals surface area contributed by atoms with Gasteiger partial charge in [-0.25, -0.2) is 19.5 Å². The van der Waals surface area contributed by atoms with Crippen molar-refractivity contribution in [1.82, 2.24) is 24.6 Å². The van der Waals surface area contributed by atoms with Crippen molar-refractivity contribution in [3.05, 3.63) is 82.6 Å². The molecule has 1 saturated carbocycles. The van der Waals surface area contributed by atoms with Gasteiger partial charge in [-0.3, -0.25) is 4.79 Å². The zero-order chi connectivity index (χ0) is 29.6. The summed E-state index contributed by atoms with van der Waals surface area (Å²) in [6.45, 7) is 8.75. The second-order valence-electron chi connectivity index (χ2n) is 11.9. The molecule has 0 atom stereocenters. The zero-order valence-electron chi connectivity index (χ0n) is 24.4. The second kappa shape index (κ2) is 10.6. The van der Waals surface area contributed by atoms with Crippen LogP contribution in [-0.2, 0) is 24.4 Å². The van der Waals surface area contributed by atoms with Crippen LogP contribution in [0.15, 0.2) is 48.9 Å². The Morgan fingerprint density at radius 2 is 1.90 bits per heavy atom. The molecule has 1 amide bonds. The average molecular weight is 565 g/mol. The number of anilines is 2. The van der Waals surface area contributed by atoms with E-state index in [0.717, 1.165) is 38.8 Å². The van der Waals surface area contributed by atoms with Crippen molar-refractivity contribution in [1.29, 1.82) is 0 Å². The molecule has 4 heterocycles. The first kappa shape index (κ1) is 27.4. The predicted molar refractivity (Wildman–Crippen MR) is 163 cm³/mol. The molecule has 42 heavy (non-hydrogen) atoms. The van der Waals surface area contributed by atoms with E-state index in [1.165, 1.54) is 30.3 Å². The number of benzene rings is 1. The first-order valence-corrected chi connectivity index (χ1v) is 14.2. The Kier molecular flexibility index (Phi) is 6.92. The lowest BCUT2D eigenvalue weighted by molar-refractivity contribution is -0.125. The zero-order valence-corrected chi connectivity index (χ0v) is 24.4. The Labute approximate surface area is 244 Å². The molecule has 0 aliphatic heterocycles. The molecule has 1 aromatic carbocycles. The largest absolute Gasteiger partial charge is 0.471 e. The number of nitrogens with zero attached hydrogens (tertiary/aromatic N) is 5. The number of rotatable bonds is 10. The molecule has 216 valence electrons. The van der Waals surface area contributed by atoms with Crippen molar-refractivity contribution in [3.8, 4) is 5.88 Å². The number of carbonyl (C=O) groups excluding carboxylic acids is 1. The predicted octanol–water partition coefficient (Wildman–Crippen LogP) is 4.99. The fourth-order valence-corrected chi connectivity index (χ4v) is 5.48. The van der Waals surface area contributed by atoms with E-state index in [9.17, 15) is 4.79 Å². The molecule has 5 aromatic rings. The number of hydrogen-bond donors (Lipinski definition) is 3. The molecule has 0 saturated heterocycles. The third-order valence-electron chi connectivity index (χ3n) is 8.22. The molecule has 0 unspecified atom stereocenters. The number of nitrogens with two attached hydrogens (primary N) is 2. The summed E-state index contributed by atoms with van der Waals surface area (Å²) in [4.78, 5) is 25.0. The van der Waals surface area contributed by atoms with Gasteiger partial charge >= 0.3 is 0 Å². The minimum atomic E-state index is -0.684. The number of primary amides is 1. The molecule has 10 nitrogen and oxygen atoms in total. The third-order valence-corrected chi connectivity index (χ3v) is 8.22. The van der Waals surface area contributed by atoms with Gasteiger partial charge in [0.1, 0.15) is 30.3 Å².